The third-order valence-corrected chi connectivity index (χ3v) is 3.45. The van der Waals surface area contributed by atoms with Crippen LogP contribution >= 0.6 is 0 Å². The molecular formula is C14H19F3N4O. The second-order valence-electron chi connectivity index (χ2n) is 5.25. The number of nitrogens with one attached hydrogen (secondary N) is 1. The molecule has 1 aromatic rings. The van der Waals surface area contributed by atoms with Crippen molar-refractivity contribution in [2.45, 2.75) is 19.1 Å². The molecule has 0 bridgehead atoms. The fourth-order valence-corrected chi connectivity index (χ4v) is 2.38. The van der Waals surface area contributed by atoms with Gasteiger partial charge in [-0.15, -0.1) is 0 Å². The number of urea groups is 1. The molecule has 122 valence electrons. The first-order chi connectivity index (χ1) is 10.4. The van der Waals surface area contributed by atoms with Crippen LogP contribution in [0.25, 0.3) is 0 Å². The number of carbonyl (C=O) groups excluding carboxylic acids is 1. The number of aromatic nitrogens is 1. The van der Waals surface area contributed by atoms with E-state index < -0.39 is 12.7 Å². The smallest absolute Gasteiger partial charge is 0.334 e. The summed E-state index contributed by atoms with van der Waals surface area (Å²) < 4.78 is 37.2. The van der Waals surface area contributed by atoms with Gasteiger partial charge in [-0.05, 0) is 18.1 Å². The van der Waals surface area contributed by atoms with Gasteiger partial charge < -0.3 is 10.2 Å². The fourth-order valence-electron chi connectivity index (χ4n) is 2.38. The first kappa shape index (κ1) is 16.5. The van der Waals surface area contributed by atoms with E-state index in [1.807, 2.05) is 6.07 Å². The Morgan fingerprint density at radius 2 is 2.09 bits per heavy atom. The lowest BCUT2D eigenvalue weighted by Crippen LogP contribution is -2.42. The van der Waals surface area contributed by atoms with E-state index in [0.29, 0.717) is 32.6 Å². The van der Waals surface area contributed by atoms with Gasteiger partial charge in [-0.1, -0.05) is 6.07 Å². The number of nitrogens with zero attached hydrogens (tertiary/aromatic N) is 3. The summed E-state index contributed by atoms with van der Waals surface area (Å²) in [7, 11) is 0. The van der Waals surface area contributed by atoms with Gasteiger partial charge in [-0.2, -0.15) is 13.2 Å². The monoisotopic (exact) mass is 316 g/mol. The average molecular weight is 316 g/mol. The summed E-state index contributed by atoms with van der Waals surface area (Å²) in [4.78, 5) is 18.9. The normalized spacial score (nSPS) is 17.1. The van der Waals surface area contributed by atoms with Crippen LogP contribution in [0.1, 0.15) is 12.0 Å². The minimum absolute atomic E-state index is 0.236. The molecule has 0 spiro atoms. The van der Waals surface area contributed by atoms with Crippen LogP contribution in [0, 0.1) is 0 Å². The van der Waals surface area contributed by atoms with Crippen molar-refractivity contribution in [3.05, 3.63) is 30.1 Å². The standard InChI is InChI=1S/C14H19F3N4O/c15-14(16,17)11-20-5-2-6-21(8-7-20)13(22)19-10-12-3-1-4-18-9-12/h1,3-4,9H,2,5-8,10-11H2,(H,19,22). The summed E-state index contributed by atoms with van der Waals surface area (Å²) in [5.74, 6) is 0. The second-order valence-corrected chi connectivity index (χ2v) is 5.25. The minimum Gasteiger partial charge on any atom is -0.334 e. The zero-order valence-corrected chi connectivity index (χ0v) is 12.1. The molecule has 0 unspecified atom stereocenters. The number of hydrogen-bond acceptors (Lipinski definition) is 3. The highest BCUT2D eigenvalue weighted by molar-refractivity contribution is 5.74. The topological polar surface area (TPSA) is 48.5 Å². The molecule has 0 radical (unpaired) electrons. The van der Waals surface area contributed by atoms with Crippen molar-refractivity contribution >= 4 is 6.03 Å². The molecule has 1 saturated heterocycles. The number of pyridine rings is 1. The lowest BCUT2D eigenvalue weighted by atomic mass is 10.3. The number of hydrogen-bond donors (Lipinski definition) is 1. The second kappa shape index (κ2) is 7.44. The fraction of sp³-hybridized carbons (Fsp3) is 0.571. The molecule has 2 amide bonds. The third-order valence-electron chi connectivity index (χ3n) is 3.45. The van der Waals surface area contributed by atoms with Crippen molar-refractivity contribution in [1.82, 2.24) is 20.1 Å². The lowest BCUT2D eigenvalue weighted by molar-refractivity contribution is -0.145. The molecule has 0 atom stereocenters. The molecular weight excluding hydrogens is 297 g/mol. The van der Waals surface area contributed by atoms with Gasteiger partial charge in [0.1, 0.15) is 0 Å². The maximum atomic E-state index is 12.4. The van der Waals surface area contributed by atoms with Crippen LogP contribution in [-0.4, -0.2) is 59.7 Å². The third kappa shape index (κ3) is 5.51. The molecule has 0 saturated carbocycles. The van der Waals surface area contributed by atoms with Crippen LogP contribution in [0.4, 0.5) is 18.0 Å². The highest BCUT2D eigenvalue weighted by Crippen LogP contribution is 2.17. The van der Waals surface area contributed by atoms with Crippen molar-refractivity contribution in [3.63, 3.8) is 0 Å². The van der Waals surface area contributed by atoms with Crippen molar-refractivity contribution in [1.29, 1.82) is 0 Å². The Bertz CT molecular complexity index is 481. The van der Waals surface area contributed by atoms with Gasteiger partial charge in [0.2, 0.25) is 0 Å². The molecule has 1 aliphatic rings. The SMILES string of the molecule is O=C(NCc1cccnc1)N1CCCN(CC(F)(F)F)CC1. The Kier molecular flexibility index (Phi) is 5.59. The predicted molar refractivity (Wildman–Crippen MR) is 75.2 cm³/mol. The van der Waals surface area contributed by atoms with Gasteiger partial charge in [-0.3, -0.25) is 9.88 Å². The Hall–Kier alpha value is -1.83. The lowest BCUT2D eigenvalue weighted by Gasteiger charge is -2.23. The van der Waals surface area contributed by atoms with E-state index in [1.165, 1.54) is 4.90 Å². The number of carbonyl (C=O) groups is 1. The zero-order valence-electron chi connectivity index (χ0n) is 12.1. The molecule has 0 aliphatic carbocycles. The summed E-state index contributed by atoms with van der Waals surface area (Å²) in [5, 5.41) is 2.77. The van der Waals surface area contributed by atoms with Crippen molar-refractivity contribution in [3.8, 4) is 0 Å². The number of halogens is 3. The summed E-state index contributed by atoms with van der Waals surface area (Å²) in [6.45, 7) is 0.793. The molecule has 1 N–H and O–H groups in total. The predicted octanol–water partition coefficient (Wildman–Crippen LogP) is 1.86. The van der Waals surface area contributed by atoms with E-state index >= 15 is 0 Å². The van der Waals surface area contributed by atoms with Crippen LogP contribution in [0.3, 0.4) is 0 Å². The van der Waals surface area contributed by atoms with Crippen LogP contribution in [-0.2, 0) is 6.54 Å². The number of amides is 2. The van der Waals surface area contributed by atoms with E-state index in [9.17, 15) is 18.0 Å². The summed E-state index contributed by atoms with van der Waals surface area (Å²) in [6.07, 6.45) is -0.350. The molecule has 0 aromatic carbocycles. The van der Waals surface area contributed by atoms with E-state index in [1.54, 1.807) is 23.4 Å². The van der Waals surface area contributed by atoms with Crippen LogP contribution < -0.4 is 5.32 Å². The molecule has 1 aromatic heterocycles. The first-order valence-corrected chi connectivity index (χ1v) is 7.15. The quantitative estimate of drug-likeness (QED) is 0.926. The van der Waals surface area contributed by atoms with Crippen molar-refractivity contribution < 1.29 is 18.0 Å². The van der Waals surface area contributed by atoms with Gasteiger partial charge in [0.05, 0.1) is 6.54 Å². The molecule has 1 aliphatic heterocycles. The molecule has 22 heavy (non-hydrogen) atoms. The maximum Gasteiger partial charge on any atom is 0.401 e. The van der Waals surface area contributed by atoms with Gasteiger partial charge in [0.25, 0.3) is 0 Å². The Balaban J connectivity index is 1.79. The highest BCUT2D eigenvalue weighted by atomic mass is 19.4. The summed E-state index contributed by atoms with van der Waals surface area (Å²) in [6, 6.07) is 3.38. The zero-order chi connectivity index (χ0) is 16.0. The van der Waals surface area contributed by atoms with Gasteiger partial charge in [0, 0.05) is 45.1 Å². The van der Waals surface area contributed by atoms with Crippen LogP contribution in [0.2, 0.25) is 0 Å². The van der Waals surface area contributed by atoms with Gasteiger partial charge in [-0.25, -0.2) is 4.79 Å². The number of alkyl halides is 3. The highest BCUT2D eigenvalue weighted by Gasteiger charge is 2.31. The summed E-state index contributed by atoms with van der Waals surface area (Å²) in [5.41, 5.74) is 0.879. The van der Waals surface area contributed by atoms with Gasteiger partial charge >= 0.3 is 12.2 Å². The van der Waals surface area contributed by atoms with E-state index in [4.69, 9.17) is 0 Å². The Morgan fingerprint density at radius 1 is 1.27 bits per heavy atom. The van der Waals surface area contributed by atoms with Crippen molar-refractivity contribution in [2.75, 3.05) is 32.7 Å². The molecule has 1 fully saturated rings. The maximum absolute atomic E-state index is 12.4. The molecule has 2 rings (SSSR count). The van der Waals surface area contributed by atoms with E-state index in [0.717, 1.165) is 5.56 Å². The summed E-state index contributed by atoms with van der Waals surface area (Å²) >= 11 is 0. The molecule has 5 nitrogen and oxygen atoms in total. The number of rotatable bonds is 3. The first-order valence-electron chi connectivity index (χ1n) is 7.15. The van der Waals surface area contributed by atoms with Crippen LogP contribution in [0.15, 0.2) is 24.5 Å². The average Bonchev–Trinajstić information content (AvgIpc) is 2.70. The van der Waals surface area contributed by atoms with Crippen LogP contribution in [0.5, 0.6) is 0 Å². The van der Waals surface area contributed by atoms with Gasteiger partial charge in [0.15, 0.2) is 0 Å². The minimum atomic E-state index is -4.20. The largest absolute Gasteiger partial charge is 0.401 e. The molecule has 2 heterocycles. The Morgan fingerprint density at radius 3 is 2.77 bits per heavy atom. The van der Waals surface area contributed by atoms with Crippen molar-refractivity contribution in [2.24, 2.45) is 0 Å². The Labute approximate surface area is 127 Å². The molecule has 8 heteroatoms. The van der Waals surface area contributed by atoms with E-state index in [-0.39, 0.29) is 12.6 Å². The van der Waals surface area contributed by atoms with E-state index in [2.05, 4.69) is 10.3 Å².